The van der Waals surface area contributed by atoms with Gasteiger partial charge in [0.2, 0.25) is 5.91 Å². The lowest BCUT2D eigenvalue weighted by Gasteiger charge is -2.11. The number of benzene rings is 2. The Kier molecular flexibility index (Phi) is 3.75. The Hall–Kier alpha value is -3.15. The number of halogens is 1. The van der Waals surface area contributed by atoms with Crippen LogP contribution in [0.5, 0.6) is 0 Å². The zero-order valence-corrected chi connectivity index (χ0v) is 15.6. The minimum atomic E-state index is -0.303. The van der Waals surface area contributed by atoms with Gasteiger partial charge in [0.1, 0.15) is 17.2 Å². The van der Waals surface area contributed by atoms with Crippen LogP contribution in [0.3, 0.4) is 0 Å². The number of amides is 1. The molecule has 5 nitrogen and oxygen atoms in total. The molecule has 1 saturated carbocycles. The maximum absolute atomic E-state index is 13.4. The SMILES string of the molecule is C[C@@H](NC(=O)[C@H]1C[C@@H]1c1ccc2cnn(C)c2c1)c1cc2cc(F)ccc2o1. The normalized spacial score (nSPS) is 19.8. The van der Waals surface area contributed by atoms with Crippen LogP contribution < -0.4 is 5.32 Å². The van der Waals surface area contributed by atoms with Gasteiger partial charge in [0.15, 0.2) is 0 Å². The highest BCUT2D eigenvalue weighted by Gasteiger charge is 2.44. The van der Waals surface area contributed by atoms with E-state index in [0.29, 0.717) is 16.7 Å². The van der Waals surface area contributed by atoms with Crippen LogP contribution in [0.4, 0.5) is 4.39 Å². The molecule has 142 valence electrons. The van der Waals surface area contributed by atoms with Crippen molar-refractivity contribution in [3.05, 3.63) is 65.8 Å². The molecule has 5 rings (SSSR count). The van der Waals surface area contributed by atoms with Crippen LogP contribution >= 0.6 is 0 Å². The van der Waals surface area contributed by atoms with E-state index in [1.807, 2.05) is 24.9 Å². The highest BCUT2D eigenvalue weighted by atomic mass is 19.1. The minimum Gasteiger partial charge on any atom is -0.459 e. The Balaban J connectivity index is 1.29. The maximum Gasteiger partial charge on any atom is 0.224 e. The molecule has 6 heteroatoms. The van der Waals surface area contributed by atoms with Crippen LogP contribution in [0.2, 0.25) is 0 Å². The number of aryl methyl sites for hydroxylation is 1. The molecule has 1 amide bonds. The number of carbonyl (C=O) groups excluding carboxylic acids is 1. The molecule has 2 aromatic carbocycles. The number of rotatable bonds is 4. The van der Waals surface area contributed by atoms with Crippen molar-refractivity contribution < 1.29 is 13.6 Å². The van der Waals surface area contributed by atoms with Crippen molar-refractivity contribution >= 4 is 27.8 Å². The van der Waals surface area contributed by atoms with Gasteiger partial charge in [-0.3, -0.25) is 9.48 Å². The molecule has 0 radical (unpaired) electrons. The number of hydrogen-bond acceptors (Lipinski definition) is 3. The van der Waals surface area contributed by atoms with Gasteiger partial charge >= 0.3 is 0 Å². The van der Waals surface area contributed by atoms with Crippen molar-refractivity contribution in [2.75, 3.05) is 0 Å². The summed E-state index contributed by atoms with van der Waals surface area (Å²) < 4.78 is 21.0. The smallest absolute Gasteiger partial charge is 0.224 e. The van der Waals surface area contributed by atoms with E-state index < -0.39 is 0 Å². The van der Waals surface area contributed by atoms with Gasteiger partial charge < -0.3 is 9.73 Å². The average Bonchev–Trinajstić information content (AvgIpc) is 3.25. The third kappa shape index (κ3) is 2.85. The molecule has 4 aromatic rings. The molecule has 2 aromatic heterocycles. The lowest BCUT2D eigenvalue weighted by atomic mass is 10.1. The van der Waals surface area contributed by atoms with Crippen molar-refractivity contribution in [1.29, 1.82) is 0 Å². The molecule has 3 atom stereocenters. The molecule has 1 aliphatic carbocycles. The third-order valence-corrected chi connectivity index (χ3v) is 5.61. The summed E-state index contributed by atoms with van der Waals surface area (Å²) in [4.78, 5) is 12.7. The molecule has 28 heavy (non-hydrogen) atoms. The topological polar surface area (TPSA) is 60.1 Å². The van der Waals surface area contributed by atoms with Gasteiger partial charge in [-0.2, -0.15) is 5.10 Å². The van der Waals surface area contributed by atoms with Crippen LogP contribution in [0.1, 0.15) is 36.6 Å². The summed E-state index contributed by atoms with van der Waals surface area (Å²) >= 11 is 0. The second kappa shape index (κ2) is 6.19. The molecule has 0 saturated heterocycles. The summed E-state index contributed by atoms with van der Waals surface area (Å²) in [6, 6.07) is 12.2. The largest absolute Gasteiger partial charge is 0.459 e. The van der Waals surface area contributed by atoms with Crippen molar-refractivity contribution in [2.24, 2.45) is 13.0 Å². The van der Waals surface area contributed by atoms with Gasteiger partial charge in [-0.1, -0.05) is 12.1 Å². The fourth-order valence-corrected chi connectivity index (χ4v) is 3.88. The molecular formula is C22H20FN3O2. The minimum absolute atomic E-state index is 0.0224. The summed E-state index contributed by atoms with van der Waals surface area (Å²) in [5.74, 6) is 0.547. The Morgan fingerprint density at radius 1 is 1.25 bits per heavy atom. The van der Waals surface area contributed by atoms with Crippen molar-refractivity contribution in [2.45, 2.75) is 25.3 Å². The second-order valence-electron chi connectivity index (χ2n) is 7.60. The van der Waals surface area contributed by atoms with E-state index in [-0.39, 0.29) is 29.6 Å². The molecule has 0 aliphatic heterocycles. The van der Waals surface area contributed by atoms with Crippen molar-refractivity contribution in [3.8, 4) is 0 Å². The van der Waals surface area contributed by atoms with E-state index >= 15 is 0 Å². The fraction of sp³-hybridized carbons (Fsp3) is 0.273. The van der Waals surface area contributed by atoms with Crippen LogP contribution in [-0.4, -0.2) is 15.7 Å². The fourth-order valence-electron chi connectivity index (χ4n) is 3.88. The molecule has 0 spiro atoms. The number of aromatic nitrogens is 2. The van der Waals surface area contributed by atoms with Gasteiger partial charge in [-0.05, 0) is 55.2 Å². The standard InChI is InChI=1S/C22H20FN3O2/c1-12(21-9-15-7-16(23)5-6-20(15)28-21)25-22(27)18-10-17(18)13-3-4-14-11-24-26(2)19(14)8-13/h3-9,11-12,17-18H,10H2,1-2H3,(H,25,27)/t12-,17-,18+/m1/s1. The Morgan fingerprint density at radius 3 is 2.96 bits per heavy atom. The zero-order valence-electron chi connectivity index (χ0n) is 15.6. The zero-order chi connectivity index (χ0) is 19.4. The monoisotopic (exact) mass is 377 g/mol. The molecule has 1 fully saturated rings. The Bertz CT molecular complexity index is 1210. The van der Waals surface area contributed by atoms with E-state index in [2.05, 4.69) is 28.6 Å². The molecular weight excluding hydrogens is 357 g/mol. The molecule has 2 heterocycles. The lowest BCUT2D eigenvalue weighted by Crippen LogP contribution is -2.28. The molecule has 0 unspecified atom stereocenters. The number of furan rings is 1. The van der Waals surface area contributed by atoms with Crippen molar-refractivity contribution in [3.63, 3.8) is 0 Å². The van der Waals surface area contributed by atoms with Gasteiger partial charge in [0.25, 0.3) is 0 Å². The summed E-state index contributed by atoms with van der Waals surface area (Å²) in [5.41, 5.74) is 2.86. The predicted octanol–water partition coefficient (Wildman–Crippen LogP) is 4.44. The van der Waals surface area contributed by atoms with Crippen LogP contribution in [0.15, 0.2) is 53.1 Å². The van der Waals surface area contributed by atoms with E-state index in [4.69, 9.17) is 4.42 Å². The quantitative estimate of drug-likeness (QED) is 0.572. The summed E-state index contributed by atoms with van der Waals surface area (Å²) in [6.45, 7) is 1.88. The first-order valence-corrected chi connectivity index (χ1v) is 9.40. The summed E-state index contributed by atoms with van der Waals surface area (Å²) in [6.07, 6.45) is 2.68. The van der Waals surface area contributed by atoms with Gasteiger partial charge in [0.05, 0.1) is 17.8 Å². The van der Waals surface area contributed by atoms with Gasteiger partial charge in [0, 0.05) is 23.7 Å². The van der Waals surface area contributed by atoms with Gasteiger partial charge in [-0.25, -0.2) is 4.39 Å². The highest BCUT2D eigenvalue weighted by molar-refractivity contribution is 5.85. The summed E-state index contributed by atoms with van der Waals surface area (Å²) in [5, 5.41) is 9.10. The average molecular weight is 377 g/mol. The van der Waals surface area contributed by atoms with Crippen LogP contribution in [-0.2, 0) is 11.8 Å². The Morgan fingerprint density at radius 2 is 2.11 bits per heavy atom. The second-order valence-corrected chi connectivity index (χ2v) is 7.60. The third-order valence-electron chi connectivity index (χ3n) is 5.61. The van der Waals surface area contributed by atoms with Crippen LogP contribution in [0, 0.1) is 11.7 Å². The Labute approximate surface area is 161 Å². The van der Waals surface area contributed by atoms with Crippen LogP contribution in [0.25, 0.3) is 21.9 Å². The molecule has 1 N–H and O–H groups in total. The first kappa shape index (κ1) is 17.0. The van der Waals surface area contributed by atoms with E-state index in [1.165, 1.54) is 17.7 Å². The molecule has 1 aliphatic rings. The van der Waals surface area contributed by atoms with E-state index in [0.717, 1.165) is 17.3 Å². The van der Waals surface area contributed by atoms with Crippen molar-refractivity contribution in [1.82, 2.24) is 15.1 Å². The van der Waals surface area contributed by atoms with E-state index in [9.17, 15) is 9.18 Å². The van der Waals surface area contributed by atoms with Gasteiger partial charge in [-0.15, -0.1) is 0 Å². The first-order chi connectivity index (χ1) is 13.5. The molecule has 0 bridgehead atoms. The first-order valence-electron chi connectivity index (χ1n) is 9.40. The number of fused-ring (bicyclic) bond motifs is 2. The highest BCUT2D eigenvalue weighted by Crippen LogP contribution is 2.48. The van der Waals surface area contributed by atoms with E-state index in [1.54, 1.807) is 12.1 Å². The maximum atomic E-state index is 13.4. The lowest BCUT2D eigenvalue weighted by molar-refractivity contribution is -0.123. The number of nitrogens with zero attached hydrogens (tertiary/aromatic N) is 2. The predicted molar refractivity (Wildman–Crippen MR) is 104 cm³/mol. The number of nitrogens with one attached hydrogen (secondary N) is 1. The number of carbonyl (C=O) groups is 1. The summed E-state index contributed by atoms with van der Waals surface area (Å²) in [7, 11) is 1.92. The number of hydrogen-bond donors (Lipinski definition) is 1.